The van der Waals surface area contributed by atoms with Crippen LogP contribution in [0.1, 0.15) is 58.6 Å². The molecule has 0 heterocycles. The van der Waals surface area contributed by atoms with Crippen LogP contribution in [-0.2, 0) is 14.3 Å². The number of alkyl carbamates (subject to hydrolysis) is 1. The molecule has 0 aliphatic heterocycles. The highest BCUT2D eigenvalue weighted by Crippen LogP contribution is 2.29. The van der Waals surface area contributed by atoms with Gasteiger partial charge in [0.2, 0.25) is 11.8 Å². The summed E-state index contributed by atoms with van der Waals surface area (Å²) in [6.45, 7) is 11.0. The van der Waals surface area contributed by atoms with Crippen LogP contribution in [0.4, 0.5) is 4.79 Å². The van der Waals surface area contributed by atoms with Gasteiger partial charge in [-0.1, -0.05) is 44.0 Å². The number of amides is 3. The Morgan fingerprint density at radius 2 is 1.87 bits per heavy atom. The zero-order valence-corrected chi connectivity index (χ0v) is 18.9. The summed E-state index contributed by atoms with van der Waals surface area (Å²) in [6.07, 6.45) is 3.54. The lowest BCUT2D eigenvalue weighted by Gasteiger charge is -2.31. The van der Waals surface area contributed by atoms with Crippen LogP contribution in [0.3, 0.4) is 0 Å². The van der Waals surface area contributed by atoms with Gasteiger partial charge >= 0.3 is 6.09 Å². The van der Waals surface area contributed by atoms with Crippen molar-refractivity contribution in [3.63, 3.8) is 0 Å². The van der Waals surface area contributed by atoms with E-state index < -0.39 is 29.6 Å². The van der Waals surface area contributed by atoms with Crippen LogP contribution in [0, 0.1) is 0 Å². The van der Waals surface area contributed by atoms with Crippen molar-refractivity contribution in [3.05, 3.63) is 42.5 Å². The smallest absolute Gasteiger partial charge is 0.408 e. The van der Waals surface area contributed by atoms with Gasteiger partial charge in [0.05, 0.1) is 0 Å². The van der Waals surface area contributed by atoms with Gasteiger partial charge < -0.3 is 25.4 Å². The number of rotatable bonds is 11. The molecule has 3 N–H and O–H groups in total. The average Bonchev–Trinajstić information content (AvgIpc) is 2.69. The van der Waals surface area contributed by atoms with Crippen molar-refractivity contribution in [1.29, 1.82) is 0 Å². The van der Waals surface area contributed by atoms with Gasteiger partial charge in [-0.2, -0.15) is 0 Å². The second kappa shape index (κ2) is 12.6. The van der Waals surface area contributed by atoms with Crippen LogP contribution in [0.15, 0.2) is 36.9 Å². The largest absolute Gasteiger partial charge is 0.508 e. The molecule has 8 heteroatoms. The lowest BCUT2D eigenvalue weighted by molar-refractivity contribution is -0.139. The number of ether oxygens (including phenoxy) is 1. The molecule has 1 atom stereocenters. The predicted octanol–water partition coefficient (Wildman–Crippen LogP) is 3.28. The van der Waals surface area contributed by atoms with Crippen LogP contribution in [0.25, 0.3) is 0 Å². The Morgan fingerprint density at radius 3 is 2.45 bits per heavy atom. The molecule has 3 amide bonds. The fraction of sp³-hybridized carbons (Fsp3) is 0.522. The Morgan fingerprint density at radius 1 is 1.19 bits per heavy atom. The van der Waals surface area contributed by atoms with Crippen molar-refractivity contribution in [2.45, 2.75) is 58.6 Å². The van der Waals surface area contributed by atoms with Crippen molar-refractivity contribution in [2.75, 3.05) is 19.6 Å². The average molecular weight is 434 g/mol. The highest BCUT2D eigenvalue weighted by atomic mass is 16.6. The number of para-hydroxylation sites is 1. The molecule has 0 bridgehead atoms. The van der Waals surface area contributed by atoms with Gasteiger partial charge in [-0.25, -0.2) is 4.79 Å². The molecule has 0 spiro atoms. The third-order valence-corrected chi connectivity index (χ3v) is 4.30. The zero-order chi connectivity index (χ0) is 23.4. The second-order valence-electron chi connectivity index (χ2n) is 8.15. The molecule has 172 valence electrons. The molecule has 0 radical (unpaired) electrons. The molecule has 1 aromatic rings. The molecule has 1 rings (SSSR count). The SMILES string of the molecule is C=CCN(C(=O)CNC(=O)OC(C)(C)C)C(C(=O)NCCCCC)c1ccccc1O. The minimum atomic E-state index is -1.08. The minimum Gasteiger partial charge on any atom is -0.508 e. The molecule has 0 saturated heterocycles. The van der Waals surface area contributed by atoms with Gasteiger partial charge in [-0.05, 0) is 33.3 Å². The third kappa shape index (κ3) is 9.11. The van der Waals surface area contributed by atoms with Gasteiger partial charge in [-0.3, -0.25) is 9.59 Å². The number of phenols is 1. The summed E-state index contributed by atoms with van der Waals surface area (Å²) in [4.78, 5) is 39.2. The fourth-order valence-electron chi connectivity index (χ4n) is 2.91. The molecule has 1 unspecified atom stereocenters. The highest BCUT2D eigenvalue weighted by Gasteiger charge is 2.32. The molecule has 0 fully saturated rings. The van der Waals surface area contributed by atoms with E-state index in [4.69, 9.17) is 4.74 Å². The maximum atomic E-state index is 13.0. The standard InChI is InChI=1S/C23H35N3O5/c1-6-8-11-14-24-21(29)20(17-12-9-10-13-18(17)27)26(15-7-2)19(28)16-25-22(30)31-23(3,4)5/h7,9-10,12-13,20,27H,2,6,8,11,14-16H2,1,3-5H3,(H,24,29)(H,25,30). The van der Waals surface area contributed by atoms with Crippen molar-refractivity contribution in [1.82, 2.24) is 15.5 Å². The van der Waals surface area contributed by atoms with E-state index in [1.807, 2.05) is 0 Å². The zero-order valence-electron chi connectivity index (χ0n) is 18.9. The van der Waals surface area contributed by atoms with Gasteiger partial charge in [0, 0.05) is 18.7 Å². The first kappa shape index (κ1) is 26.0. The molecule has 0 aliphatic carbocycles. The number of carbonyl (C=O) groups excluding carboxylic acids is 3. The Hall–Kier alpha value is -3.03. The molecule has 1 aromatic carbocycles. The van der Waals surface area contributed by atoms with Crippen molar-refractivity contribution in [2.24, 2.45) is 0 Å². The number of phenolic OH excluding ortho intramolecular Hbond substituents is 1. The Kier molecular flexibility index (Phi) is 10.6. The summed E-state index contributed by atoms with van der Waals surface area (Å²) in [6, 6.07) is 5.30. The number of aromatic hydroxyl groups is 1. The van der Waals surface area contributed by atoms with Gasteiger partial charge in [0.25, 0.3) is 0 Å². The van der Waals surface area contributed by atoms with Crippen molar-refractivity contribution < 1.29 is 24.2 Å². The molecule has 8 nitrogen and oxygen atoms in total. The molecular weight excluding hydrogens is 398 g/mol. The molecular formula is C23H35N3O5. The Labute approximate surface area is 184 Å². The van der Waals surface area contributed by atoms with Crippen molar-refractivity contribution >= 4 is 17.9 Å². The first-order chi connectivity index (χ1) is 14.6. The minimum absolute atomic E-state index is 0.0518. The normalized spacial score (nSPS) is 11.9. The summed E-state index contributed by atoms with van der Waals surface area (Å²) in [7, 11) is 0. The van der Waals surface area contributed by atoms with E-state index in [0.717, 1.165) is 19.3 Å². The van der Waals surface area contributed by atoms with E-state index in [2.05, 4.69) is 24.1 Å². The third-order valence-electron chi connectivity index (χ3n) is 4.30. The lowest BCUT2D eigenvalue weighted by Crippen LogP contribution is -2.48. The van der Waals surface area contributed by atoms with E-state index in [1.165, 1.54) is 17.0 Å². The van der Waals surface area contributed by atoms with Gasteiger partial charge in [-0.15, -0.1) is 6.58 Å². The summed E-state index contributed by atoms with van der Waals surface area (Å²) >= 11 is 0. The second-order valence-corrected chi connectivity index (χ2v) is 8.15. The molecule has 0 aromatic heterocycles. The van der Waals surface area contributed by atoms with E-state index in [-0.39, 0.29) is 18.8 Å². The van der Waals surface area contributed by atoms with E-state index in [9.17, 15) is 19.5 Å². The number of unbranched alkanes of at least 4 members (excludes halogenated alkanes) is 2. The van der Waals surface area contributed by atoms with Gasteiger partial charge in [0.1, 0.15) is 23.9 Å². The number of carbonyl (C=O) groups is 3. The van der Waals surface area contributed by atoms with E-state index >= 15 is 0 Å². The number of nitrogens with one attached hydrogen (secondary N) is 2. The molecule has 0 aliphatic rings. The van der Waals surface area contributed by atoms with Crippen LogP contribution < -0.4 is 10.6 Å². The predicted molar refractivity (Wildman–Crippen MR) is 120 cm³/mol. The lowest BCUT2D eigenvalue weighted by atomic mass is 10.0. The highest BCUT2D eigenvalue weighted by molar-refractivity contribution is 5.91. The quantitative estimate of drug-likeness (QED) is 0.367. The molecule has 0 saturated carbocycles. The number of hydrogen-bond donors (Lipinski definition) is 3. The molecule has 31 heavy (non-hydrogen) atoms. The summed E-state index contributed by atoms with van der Waals surface area (Å²) < 4.78 is 5.16. The Bertz CT molecular complexity index is 758. The van der Waals surface area contributed by atoms with Crippen LogP contribution in [0.2, 0.25) is 0 Å². The number of benzene rings is 1. The van der Waals surface area contributed by atoms with Crippen LogP contribution >= 0.6 is 0 Å². The summed E-state index contributed by atoms with van der Waals surface area (Å²) in [5.74, 6) is -1.02. The monoisotopic (exact) mass is 433 g/mol. The fourth-order valence-corrected chi connectivity index (χ4v) is 2.91. The topological polar surface area (TPSA) is 108 Å². The first-order valence-electron chi connectivity index (χ1n) is 10.5. The maximum Gasteiger partial charge on any atom is 0.408 e. The Balaban J connectivity index is 3.07. The van der Waals surface area contributed by atoms with E-state index in [0.29, 0.717) is 12.1 Å². The van der Waals surface area contributed by atoms with Crippen molar-refractivity contribution in [3.8, 4) is 5.75 Å². The van der Waals surface area contributed by atoms with Gasteiger partial charge in [0.15, 0.2) is 0 Å². The first-order valence-corrected chi connectivity index (χ1v) is 10.5. The maximum absolute atomic E-state index is 13.0. The number of nitrogens with zero attached hydrogens (tertiary/aromatic N) is 1. The summed E-state index contributed by atoms with van der Waals surface area (Å²) in [5.41, 5.74) is -0.409. The van der Waals surface area contributed by atoms with E-state index in [1.54, 1.807) is 39.0 Å². The van der Waals surface area contributed by atoms with Crippen LogP contribution in [-0.4, -0.2) is 53.1 Å². The summed E-state index contributed by atoms with van der Waals surface area (Å²) in [5, 5.41) is 15.6. The number of hydrogen-bond acceptors (Lipinski definition) is 5. The van der Waals surface area contributed by atoms with Crippen LogP contribution in [0.5, 0.6) is 5.75 Å².